The average Bonchev–Trinajstić information content (AvgIpc) is 2.47. The van der Waals surface area contributed by atoms with Crippen LogP contribution in [0.2, 0.25) is 0 Å². The molecule has 1 aromatic heterocycles. The van der Waals surface area contributed by atoms with Crippen LogP contribution in [0.5, 0.6) is 6.01 Å². The van der Waals surface area contributed by atoms with Gasteiger partial charge in [-0.1, -0.05) is 6.92 Å². The summed E-state index contributed by atoms with van der Waals surface area (Å²) >= 11 is 0. The van der Waals surface area contributed by atoms with Crippen LogP contribution in [0.25, 0.3) is 0 Å². The van der Waals surface area contributed by atoms with E-state index in [0.29, 0.717) is 31.6 Å². The van der Waals surface area contributed by atoms with E-state index in [0.717, 1.165) is 6.42 Å². The van der Waals surface area contributed by atoms with Gasteiger partial charge in [0.05, 0.1) is 13.2 Å². The van der Waals surface area contributed by atoms with Crippen molar-refractivity contribution >= 4 is 17.8 Å². The standard InChI is InChI=1S/C12H20N6O2/c1-4-7-20-12-15-10(13-2)14-11(16-12)18-6-5-17(3)9(19)8-18/h4-8H2,1-3H3,(H,13,14,15,16). The van der Waals surface area contributed by atoms with Gasteiger partial charge in [-0.2, -0.15) is 15.0 Å². The van der Waals surface area contributed by atoms with E-state index in [-0.39, 0.29) is 18.5 Å². The van der Waals surface area contributed by atoms with Crippen LogP contribution in [0, 0.1) is 0 Å². The molecule has 0 atom stereocenters. The molecule has 0 radical (unpaired) electrons. The number of hydrogen-bond acceptors (Lipinski definition) is 7. The number of likely N-dealkylation sites (N-methyl/N-ethyl adjacent to an activating group) is 1. The van der Waals surface area contributed by atoms with Crippen LogP contribution in [0.15, 0.2) is 0 Å². The summed E-state index contributed by atoms with van der Waals surface area (Å²) in [5.74, 6) is 0.961. The molecule has 1 fully saturated rings. The normalized spacial score (nSPS) is 15.4. The first-order valence-electron chi connectivity index (χ1n) is 6.69. The maximum absolute atomic E-state index is 11.8. The zero-order valence-electron chi connectivity index (χ0n) is 12.1. The van der Waals surface area contributed by atoms with Crippen molar-refractivity contribution < 1.29 is 9.53 Å². The van der Waals surface area contributed by atoms with Gasteiger partial charge in [0.1, 0.15) is 0 Å². The average molecular weight is 280 g/mol. The fraction of sp³-hybridized carbons (Fsp3) is 0.667. The van der Waals surface area contributed by atoms with Crippen molar-refractivity contribution in [3.05, 3.63) is 0 Å². The molecule has 0 spiro atoms. The Balaban J connectivity index is 2.19. The Kier molecular flexibility index (Phi) is 4.54. The Morgan fingerprint density at radius 1 is 1.30 bits per heavy atom. The van der Waals surface area contributed by atoms with Gasteiger partial charge in [-0.25, -0.2) is 0 Å². The van der Waals surface area contributed by atoms with Gasteiger partial charge < -0.3 is 19.9 Å². The Labute approximate surface area is 118 Å². The molecule has 0 unspecified atom stereocenters. The highest BCUT2D eigenvalue weighted by atomic mass is 16.5. The molecule has 1 aliphatic heterocycles. The molecule has 1 saturated heterocycles. The molecule has 20 heavy (non-hydrogen) atoms. The van der Waals surface area contributed by atoms with Gasteiger partial charge in [0.15, 0.2) is 0 Å². The monoisotopic (exact) mass is 280 g/mol. The summed E-state index contributed by atoms with van der Waals surface area (Å²) in [5.41, 5.74) is 0. The van der Waals surface area contributed by atoms with Gasteiger partial charge in [-0.05, 0) is 6.42 Å². The Morgan fingerprint density at radius 2 is 2.10 bits per heavy atom. The van der Waals surface area contributed by atoms with Crippen molar-refractivity contribution in [3.63, 3.8) is 0 Å². The lowest BCUT2D eigenvalue weighted by Gasteiger charge is -2.31. The van der Waals surface area contributed by atoms with E-state index < -0.39 is 0 Å². The number of nitrogens with zero attached hydrogens (tertiary/aromatic N) is 5. The van der Waals surface area contributed by atoms with Crippen molar-refractivity contribution in [2.75, 3.05) is 50.6 Å². The van der Waals surface area contributed by atoms with Crippen molar-refractivity contribution in [2.45, 2.75) is 13.3 Å². The molecule has 1 aromatic rings. The molecule has 1 aliphatic rings. The van der Waals surface area contributed by atoms with Crippen LogP contribution >= 0.6 is 0 Å². The number of amides is 1. The molecular weight excluding hydrogens is 260 g/mol. The van der Waals surface area contributed by atoms with Gasteiger partial charge >= 0.3 is 6.01 Å². The maximum atomic E-state index is 11.8. The molecule has 0 saturated carbocycles. The van der Waals surface area contributed by atoms with E-state index in [1.165, 1.54) is 0 Å². The quantitative estimate of drug-likeness (QED) is 0.811. The number of carbonyl (C=O) groups is 1. The summed E-state index contributed by atoms with van der Waals surface area (Å²) in [6.45, 7) is 4.19. The molecule has 8 nitrogen and oxygen atoms in total. The molecule has 8 heteroatoms. The number of hydrogen-bond donors (Lipinski definition) is 1. The molecule has 1 amide bonds. The van der Waals surface area contributed by atoms with Gasteiger partial charge in [-0.15, -0.1) is 0 Å². The largest absolute Gasteiger partial charge is 0.463 e. The predicted molar refractivity (Wildman–Crippen MR) is 75.0 cm³/mol. The third kappa shape index (κ3) is 3.25. The summed E-state index contributed by atoms with van der Waals surface area (Å²) in [6, 6.07) is 0.285. The molecule has 2 heterocycles. The number of ether oxygens (including phenoxy) is 1. The van der Waals surface area contributed by atoms with Crippen LogP contribution in [-0.4, -0.2) is 66.1 Å². The molecular formula is C12H20N6O2. The van der Waals surface area contributed by atoms with Gasteiger partial charge in [0, 0.05) is 27.2 Å². The topological polar surface area (TPSA) is 83.5 Å². The minimum absolute atomic E-state index is 0.0543. The number of aromatic nitrogens is 3. The number of anilines is 2. The molecule has 110 valence electrons. The molecule has 2 rings (SSSR count). The zero-order chi connectivity index (χ0) is 14.5. The predicted octanol–water partition coefficient (Wildman–Crippen LogP) is -0.0195. The summed E-state index contributed by atoms with van der Waals surface area (Å²) in [7, 11) is 3.53. The number of nitrogens with one attached hydrogen (secondary N) is 1. The van der Waals surface area contributed by atoms with Crippen molar-refractivity contribution in [3.8, 4) is 6.01 Å². The highest BCUT2D eigenvalue weighted by Crippen LogP contribution is 2.16. The maximum Gasteiger partial charge on any atom is 0.323 e. The van der Waals surface area contributed by atoms with E-state index in [4.69, 9.17) is 4.74 Å². The highest BCUT2D eigenvalue weighted by molar-refractivity contribution is 5.81. The third-order valence-electron chi connectivity index (χ3n) is 3.00. The zero-order valence-corrected chi connectivity index (χ0v) is 12.1. The summed E-state index contributed by atoms with van der Waals surface area (Å²) < 4.78 is 5.45. The van der Waals surface area contributed by atoms with Crippen LogP contribution in [0.1, 0.15) is 13.3 Å². The van der Waals surface area contributed by atoms with Crippen LogP contribution < -0.4 is 15.0 Å². The first-order chi connectivity index (χ1) is 9.63. The van der Waals surface area contributed by atoms with Crippen molar-refractivity contribution in [1.29, 1.82) is 0 Å². The molecule has 0 bridgehead atoms. The first kappa shape index (κ1) is 14.3. The summed E-state index contributed by atoms with van der Waals surface area (Å²) in [6.07, 6.45) is 0.878. The van der Waals surface area contributed by atoms with Crippen molar-refractivity contribution in [1.82, 2.24) is 19.9 Å². The molecule has 1 N–H and O–H groups in total. The third-order valence-corrected chi connectivity index (χ3v) is 3.00. The second-order valence-corrected chi connectivity index (χ2v) is 4.58. The highest BCUT2D eigenvalue weighted by Gasteiger charge is 2.24. The van der Waals surface area contributed by atoms with E-state index >= 15 is 0 Å². The Hall–Kier alpha value is -2.12. The van der Waals surface area contributed by atoms with Gasteiger partial charge in [-0.3, -0.25) is 4.79 Å². The van der Waals surface area contributed by atoms with E-state index in [1.54, 1.807) is 19.0 Å². The minimum atomic E-state index is 0.0543. The summed E-state index contributed by atoms with van der Waals surface area (Å²) in [5, 5.41) is 2.88. The first-order valence-corrected chi connectivity index (χ1v) is 6.69. The fourth-order valence-electron chi connectivity index (χ4n) is 1.79. The fourth-order valence-corrected chi connectivity index (χ4v) is 1.79. The number of carbonyl (C=O) groups excluding carboxylic acids is 1. The number of piperazine rings is 1. The lowest BCUT2D eigenvalue weighted by atomic mass is 10.3. The SMILES string of the molecule is CCCOc1nc(NC)nc(N2CCN(C)C(=O)C2)n1. The Morgan fingerprint density at radius 3 is 2.75 bits per heavy atom. The summed E-state index contributed by atoms with van der Waals surface area (Å²) in [4.78, 5) is 28.0. The van der Waals surface area contributed by atoms with E-state index in [1.807, 2.05) is 11.8 Å². The van der Waals surface area contributed by atoms with E-state index in [9.17, 15) is 4.79 Å². The Bertz CT molecular complexity index is 481. The van der Waals surface area contributed by atoms with E-state index in [2.05, 4.69) is 20.3 Å². The van der Waals surface area contributed by atoms with Crippen LogP contribution in [-0.2, 0) is 4.79 Å². The molecule has 0 aliphatic carbocycles. The molecule has 0 aromatic carbocycles. The van der Waals surface area contributed by atoms with Crippen LogP contribution in [0.4, 0.5) is 11.9 Å². The van der Waals surface area contributed by atoms with Gasteiger partial charge in [0.25, 0.3) is 0 Å². The number of rotatable bonds is 5. The van der Waals surface area contributed by atoms with Crippen LogP contribution in [0.3, 0.4) is 0 Å². The lowest BCUT2D eigenvalue weighted by Crippen LogP contribution is -2.49. The lowest BCUT2D eigenvalue weighted by molar-refractivity contribution is -0.129. The second kappa shape index (κ2) is 6.36. The van der Waals surface area contributed by atoms with Crippen molar-refractivity contribution in [2.24, 2.45) is 0 Å². The second-order valence-electron chi connectivity index (χ2n) is 4.58. The van der Waals surface area contributed by atoms with Gasteiger partial charge in [0.2, 0.25) is 17.8 Å². The smallest absolute Gasteiger partial charge is 0.323 e. The minimum Gasteiger partial charge on any atom is -0.463 e.